The summed E-state index contributed by atoms with van der Waals surface area (Å²) in [5.74, 6) is 1.33. The predicted octanol–water partition coefficient (Wildman–Crippen LogP) is 5.31. The van der Waals surface area contributed by atoms with E-state index in [0.717, 1.165) is 29.0 Å². The molecule has 0 atom stereocenters. The van der Waals surface area contributed by atoms with Crippen LogP contribution in [0.1, 0.15) is 30.9 Å². The molecule has 3 rings (SSSR count). The summed E-state index contributed by atoms with van der Waals surface area (Å²) in [5, 5.41) is 8.21. The second kappa shape index (κ2) is 9.37. The Labute approximate surface area is 169 Å². The van der Waals surface area contributed by atoms with Crippen molar-refractivity contribution >= 4 is 22.5 Å². The third kappa shape index (κ3) is 5.33. The third-order valence-electron chi connectivity index (χ3n) is 4.46. The minimum atomic E-state index is -0.246. The zero-order chi connectivity index (χ0) is 19.9. The van der Waals surface area contributed by atoms with Gasteiger partial charge in [-0.3, -0.25) is 5.32 Å². The Morgan fingerprint density at radius 1 is 1.11 bits per heavy atom. The highest BCUT2D eigenvalue weighted by atomic mass is 32.1. The van der Waals surface area contributed by atoms with E-state index in [4.69, 9.17) is 4.74 Å². The van der Waals surface area contributed by atoms with Crippen LogP contribution in [-0.4, -0.2) is 24.7 Å². The molecular weight excluding hydrogens is 370 g/mol. The molecule has 1 aromatic heterocycles. The monoisotopic (exact) mass is 395 g/mol. The Kier molecular flexibility index (Phi) is 6.66. The van der Waals surface area contributed by atoms with E-state index in [1.54, 1.807) is 7.11 Å². The lowest BCUT2D eigenvalue weighted by molar-refractivity contribution is 0.252. The van der Waals surface area contributed by atoms with E-state index in [0.29, 0.717) is 17.6 Å². The molecule has 0 saturated heterocycles. The highest BCUT2D eigenvalue weighted by molar-refractivity contribution is 7.14. The number of methoxy groups -OCH3 is 1. The number of thiazole rings is 1. The molecule has 6 heteroatoms. The van der Waals surface area contributed by atoms with Crippen molar-refractivity contribution in [3.8, 4) is 17.0 Å². The van der Waals surface area contributed by atoms with E-state index in [2.05, 4.69) is 53.7 Å². The fraction of sp³-hybridized carbons (Fsp3) is 0.273. The molecule has 146 valence electrons. The number of amides is 2. The minimum absolute atomic E-state index is 0.246. The summed E-state index contributed by atoms with van der Waals surface area (Å²) >= 11 is 1.42. The lowest BCUT2D eigenvalue weighted by Crippen LogP contribution is -2.30. The zero-order valence-electron chi connectivity index (χ0n) is 16.4. The fourth-order valence-corrected chi connectivity index (χ4v) is 3.47. The Balaban J connectivity index is 1.49. The van der Waals surface area contributed by atoms with Gasteiger partial charge in [-0.25, -0.2) is 9.78 Å². The van der Waals surface area contributed by atoms with E-state index in [-0.39, 0.29) is 6.03 Å². The standard InChI is InChI=1S/C22H25N3O2S/c1-15(2)17-6-8-18(9-7-17)20-14-28-22(24-20)25-21(26)23-13-12-16-4-10-19(27-3)11-5-16/h4-11,14-15H,12-13H2,1-3H3,(H2,23,24,25,26). The quantitative estimate of drug-likeness (QED) is 0.570. The summed E-state index contributed by atoms with van der Waals surface area (Å²) in [6, 6.07) is 16.0. The maximum absolute atomic E-state index is 12.1. The van der Waals surface area contributed by atoms with Crippen molar-refractivity contribution in [2.24, 2.45) is 0 Å². The summed E-state index contributed by atoms with van der Waals surface area (Å²) in [4.78, 5) is 16.6. The van der Waals surface area contributed by atoms with Gasteiger partial charge in [-0.2, -0.15) is 0 Å². The highest BCUT2D eigenvalue weighted by Crippen LogP contribution is 2.26. The zero-order valence-corrected chi connectivity index (χ0v) is 17.2. The van der Waals surface area contributed by atoms with Gasteiger partial charge in [-0.05, 0) is 35.6 Å². The Morgan fingerprint density at radius 2 is 1.82 bits per heavy atom. The van der Waals surface area contributed by atoms with Crippen molar-refractivity contribution in [1.29, 1.82) is 0 Å². The first-order valence-electron chi connectivity index (χ1n) is 9.29. The van der Waals surface area contributed by atoms with Crippen molar-refractivity contribution in [2.45, 2.75) is 26.2 Å². The highest BCUT2D eigenvalue weighted by Gasteiger charge is 2.08. The van der Waals surface area contributed by atoms with Crippen LogP contribution in [0.15, 0.2) is 53.9 Å². The minimum Gasteiger partial charge on any atom is -0.497 e. The second-order valence-electron chi connectivity index (χ2n) is 6.79. The number of anilines is 1. The number of ether oxygens (including phenoxy) is 1. The molecule has 0 aliphatic heterocycles. The average molecular weight is 396 g/mol. The molecule has 28 heavy (non-hydrogen) atoms. The molecule has 3 aromatic rings. The second-order valence-corrected chi connectivity index (χ2v) is 7.65. The van der Waals surface area contributed by atoms with Crippen LogP contribution < -0.4 is 15.4 Å². The molecule has 0 unspecified atom stereocenters. The maximum Gasteiger partial charge on any atom is 0.321 e. The van der Waals surface area contributed by atoms with Gasteiger partial charge in [0.2, 0.25) is 0 Å². The molecule has 0 aliphatic carbocycles. The summed E-state index contributed by atoms with van der Waals surface area (Å²) in [6.07, 6.45) is 0.753. The van der Waals surface area contributed by atoms with Crippen LogP contribution in [0.3, 0.4) is 0 Å². The van der Waals surface area contributed by atoms with Gasteiger partial charge < -0.3 is 10.1 Å². The van der Waals surface area contributed by atoms with Gasteiger partial charge in [0.05, 0.1) is 12.8 Å². The molecule has 5 nitrogen and oxygen atoms in total. The van der Waals surface area contributed by atoms with Crippen molar-refractivity contribution < 1.29 is 9.53 Å². The van der Waals surface area contributed by atoms with Gasteiger partial charge >= 0.3 is 6.03 Å². The van der Waals surface area contributed by atoms with Crippen LogP contribution in [0, 0.1) is 0 Å². The average Bonchev–Trinajstić information content (AvgIpc) is 3.17. The molecule has 1 heterocycles. The number of hydrogen-bond donors (Lipinski definition) is 2. The molecule has 0 fully saturated rings. The molecular formula is C22H25N3O2S. The van der Waals surface area contributed by atoms with E-state index < -0.39 is 0 Å². The van der Waals surface area contributed by atoms with Crippen molar-refractivity contribution in [1.82, 2.24) is 10.3 Å². The van der Waals surface area contributed by atoms with E-state index in [9.17, 15) is 4.79 Å². The smallest absolute Gasteiger partial charge is 0.321 e. The Hall–Kier alpha value is -2.86. The first-order valence-corrected chi connectivity index (χ1v) is 10.2. The van der Waals surface area contributed by atoms with Crippen LogP contribution in [0.2, 0.25) is 0 Å². The van der Waals surface area contributed by atoms with Crippen LogP contribution in [0.25, 0.3) is 11.3 Å². The molecule has 2 amide bonds. The number of nitrogens with one attached hydrogen (secondary N) is 2. The fourth-order valence-electron chi connectivity index (χ4n) is 2.76. The normalized spacial score (nSPS) is 10.7. The summed E-state index contributed by atoms with van der Waals surface area (Å²) in [6.45, 7) is 4.90. The predicted molar refractivity (Wildman–Crippen MR) is 115 cm³/mol. The molecule has 0 saturated carbocycles. The Bertz CT molecular complexity index is 902. The topological polar surface area (TPSA) is 63.2 Å². The van der Waals surface area contributed by atoms with Crippen LogP contribution in [-0.2, 0) is 6.42 Å². The number of rotatable bonds is 7. The Morgan fingerprint density at radius 3 is 2.46 bits per heavy atom. The lowest BCUT2D eigenvalue weighted by Gasteiger charge is -2.06. The number of urea groups is 1. The number of benzene rings is 2. The molecule has 0 spiro atoms. The molecule has 0 aliphatic rings. The first kappa shape index (κ1) is 19.9. The molecule has 2 aromatic carbocycles. The number of aromatic nitrogens is 1. The van der Waals surface area contributed by atoms with Gasteiger partial charge in [-0.1, -0.05) is 50.2 Å². The van der Waals surface area contributed by atoms with Crippen molar-refractivity contribution in [2.75, 3.05) is 19.0 Å². The number of carbonyl (C=O) groups is 1. The lowest BCUT2D eigenvalue weighted by atomic mass is 10.0. The number of carbonyl (C=O) groups excluding carboxylic acids is 1. The van der Waals surface area contributed by atoms with Gasteiger partial charge in [-0.15, -0.1) is 11.3 Å². The SMILES string of the molecule is COc1ccc(CCNC(=O)Nc2nc(-c3ccc(C(C)C)cc3)cs2)cc1. The van der Waals surface area contributed by atoms with E-state index in [1.165, 1.54) is 16.9 Å². The van der Waals surface area contributed by atoms with Gasteiger partial charge in [0.15, 0.2) is 5.13 Å². The van der Waals surface area contributed by atoms with Crippen LogP contribution >= 0.6 is 11.3 Å². The summed E-state index contributed by atoms with van der Waals surface area (Å²) in [5.41, 5.74) is 4.36. The van der Waals surface area contributed by atoms with Crippen LogP contribution in [0.4, 0.5) is 9.93 Å². The van der Waals surface area contributed by atoms with Crippen molar-refractivity contribution in [3.05, 3.63) is 65.0 Å². The molecule has 0 bridgehead atoms. The summed E-state index contributed by atoms with van der Waals surface area (Å²) < 4.78 is 5.14. The van der Waals surface area contributed by atoms with Gasteiger partial charge in [0, 0.05) is 17.5 Å². The maximum atomic E-state index is 12.1. The van der Waals surface area contributed by atoms with Gasteiger partial charge in [0.25, 0.3) is 0 Å². The molecule has 0 radical (unpaired) electrons. The van der Waals surface area contributed by atoms with E-state index in [1.807, 2.05) is 29.6 Å². The largest absolute Gasteiger partial charge is 0.497 e. The number of hydrogen-bond acceptors (Lipinski definition) is 4. The molecule has 2 N–H and O–H groups in total. The third-order valence-corrected chi connectivity index (χ3v) is 5.21. The van der Waals surface area contributed by atoms with Crippen LogP contribution in [0.5, 0.6) is 5.75 Å². The number of nitrogens with zero attached hydrogens (tertiary/aromatic N) is 1. The first-order chi connectivity index (χ1) is 13.5. The van der Waals surface area contributed by atoms with Gasteiger partial charge in [0.1, 0.15) is 5.75 Å². The van der Waals surface area contributed by atoms with Crippen molar-refractivity contribution in [3.63, 3.8) is 0 Å². The van der Waals surface area contributed by atoms with E-state index >= 15 is 0 Å². The summed E-state index contributed by atoms with van der Waals surface area (Å²) in [7, 11) is 1.64.